The molecule has 172 valence electrons. The number of para-hydroxylation sites is 1. The van der Waals surface area contributed by atoms with Crippen molar-refractivity contribution in [1.29, 1.82) is 0 Å². The van der Waals surface area contributed by atoms with Crippen LogP contribution in [0.2, 0.25) is 0 Å². The molecule has 0 spiro atoms. The molecule has 0 saturated carbocycles. The zero-order valence-corrected chi connectivity index (χ0v) is 19.9. The summed E-state index contributed by atoms with van der Waals surface area (Å²) >= 11 is 1.67. The van der Waals surface area contributed by atoms with Gasteiger partial charge in [0.15, 0.2) is 0 Å². The van der Waals surface area contributed by atoms with Gasteiger partial charge in [0.25, 0.3) is 0 Å². The van der Waals surface area contributed by atoms with E-state index < -0.39 is 0 Å². The summed E-state index contributed by atoms with van der Waals surface area (Å²) in [5.41, 5.74) is 7.39. The first kappa shape index (κ1) is 22.6. The van der Waals surface area contributed by atoms with Gasteiger partial charge in [-0.15, -0.1) is 0 Å². The summed E-state index contributed by atoms with van der Waals surface area (Å²) < 4.78 is 6.21. The van der Waals surface area contributed by atoms with Crippen LogP contribution in [0.1, 0.15) is 11.1 Å². The Hall–Kier alpha value is -4.22. The van der Waals surface area contributed by atoms with Crippen molar-refractivity contribution in [1.82, 2.24) is 4.98 Å². The minimum absolute atomic E-state index is 0.479. The zero-order chi connectivity index (χ0) is 23.9. The van der Waals surface area contributed by atoms with E-state index in [4.69, 9.17) is 4.74 Å². The smallest absolute Gasteiger partial charge is 0.214 e. The third kappa shape index (κ3) is 5.31. The van der Waals surface area contributed by atoms with Crippen molar-refractivity contribution in [3.05, 3.63) is 125 Å². The number of pyridine rings is 1. The molecule has 3 aromatic carbocycles. The van der Waals surface area contributed by atoms with Gasteiger partial charge in [-0.2, -0.15) is 11.3 Å². The highest BCUT2D eigenvalue weighted by atomic mass is 32.1. The van der Waals surface area contributed by atoms with Gasteiger partial charge in [-0.25, -0.2) is 0 Å². The average Bonchev–Trinajstić information content (AvgIpc) is 3.42. The first-order valence-electron chi connectivity index (χ1n) is 11.4. The number of carbonyl (C=O) groups excluding carboxylic acids is 1. The molecule has 5 heteroatoms. The SMILES string of the molecule is O=CN(Cc1cccnc1)c1ccc(-c2cscc2-c2ccccc2OCc2ccccc2)cc1. The lowest BCUT2D eigenvalue weighted by molar-refractivity contribution is -0.107. The van der Waals surface area contributed by atoms with E-state index in [2.05, 4.69) is 46.1 Å². The lowest BCUT2D eigenvalue weighted by Gasteiger charge is -2.18. The first-order valence-corrected chi connectivity index (χ1v) is 12.3. The van der Waals surface area contributed by atoms with Gasteiger partial charge in [0.2, 0.25) is 6.41 Å². The quantitative estimate of drug-likeness (QED) is 0.211. The van der Waals surface area contributed by atoms with Crippen LogP contribution in [-0.4, -0.2) is 11.4 Å². The lowest BCUT2D eigenvalue weighted by atomic mass is 9.98. The van der Waals surface area contributed by atoms with Gasteiger partial charge < -0.3 is 9.64 Å². The van der Waals surface area contributed by atoms with Crippen molar-refractivity contribution in [2.75, 3.05) is 4.90 Å². The van der Waals surface area contributed by atoms with E-state index in [1.165, 1.54) is 0 Å². The molecule has 2 aromatic heterocycles. The number of aromatic nitrogens is 1. The van der Waals surface area contributed by atoms with Crippen molar-refractivity contribution in [3.8, 4) is 28.0 Å². The van der Waals surface area contributed by atoms with Crippen LogP contribution in [0.4, 0.5) is 5.69 Å². The van der Waals surface area contributed by atoms with E-state index in [-0.39, 0.29) is 0 Å². The van der Waals surface area contributed by atoms with Crippen molar-refractivity contribution in [2.24, 2.45) is 0 Å². The molecule has 0 N–H and O–H groups in total. The van der Waals surface area contributed by atoms with Gasteiger partial charge in [0, 0.05) is 34.8 Å². The molecule has 0 saturated heterocycles. The molecule has 35 heavy (non-hydrogen) atoms. The second-order valence-electron chi connectivity index (χ2n) is 8.11. The molecule has 2 heterocycles. The van der Waals surface area contributed by atoms with Crippen LogP contribution in [-0.2, 0) is 17.9 Å². The maximum absolute atomic E-state index is 11.8. The van der Waals surface area contributed by atoms with E-state index in [1.807, 2.05) is 60.7 Å². The maximum Gasteiger partial charge on any atom is 0.214 e. The Balaban J connectivity index is 1.38. The van der Waals surface area contributed by atoms with Crippen molar-refractivity contribution < 1.29 is 9.53 Å². The number of hydrogen-bond donors (Lipinski definition) is 0. The number of rotatable bonds is 9. The average molecular weight is 477 g/mol. The Labute approximate surface area is 209 Å². The Kier molecular flexibility index (Phi) is 6.97. The molecule has 0 aliphatic heterocycles. The van der Waals surface area contributed by atoms with E-state index in [1.54, 1.807) is 28.6 Å². The summed E-state index contributed by atoms with van der Waals surface area (Å²) in [6.45, 7) is 0.997. The van der Waals surface area contributed by atoms with Gasteiger partial charge in [-0.1, -0.05) is 66.7 Å². The fourth-order valence-corrected chi connectivity index (χ4v) is 4.85. The van der Waals surface area contributed by atoms with Crippen molar-refractivity contribution in [3.63, 3.8) is 0 Å². The number of nitrogens with zero attached hydrogens (tertiary/aromatic N) is 2. The summed E-state index contributed by atoms with van der Waals surface area (Å²) in [7, 11) is 0. The second-order valence-corrected chi connectivity index (χ2v) is 8.85. The molecule has 0 atom stereocenters. The second kappa shape index (κ2) is 10.8. The van der Waals surface area contributed by atoms with Crippen LogP contribution in [0.25, 0.3) is 22.3 Å². The number of hydrogen-bond acceptors (Lipinski definition) is 4. The highest BCUT2D eigenvalue weighted by Gasteiger charge is 2.14. The maximum atomic E-state index is 11.8. The Morgan fingerprint density at radius 3 is 2.29 bits per heavy atom. The number of amides is 1. The van der Waals surface area contributed by atoms with Crippen LogP contribution < -0.4 is 9.64 Å². The third-order valence-electron chi connectivity index (χ3n) is 5.79. The monoisotopic (exact) mass is 476 g/mol. The molecule has 5 rings (SSSR count). The van der Waals surface area contributed by atoms with Crippen LogP contribution >= 0.6 is 11.3 Å². The molecule has 0 fully saturated rings. The molecule has 5 aromatic rings. The molecule has 0 aliphatic carbocycles. The van der Waals surface area contributed by atoms with E-state index >= 15 is 0 Å². The van der Waals surface area contributed by atoms with E-state index in [0.29, 0.717) is 13.2 Å². The summed E-state index contributed by atoms with van der Waals surface area (Å²) in [4.78, 5) is 17.6. The number of anilines is 1. The number of ether oxygens (including phenoxy) is 1. The molecule has 4 nitrogen and oxygen atoms in total. The van der Waals surface area contributed by atoms with Crippen LogP contribution in [0.3, 0.4) is 0 Å². The number of benzene rings is 3. The molecule has 0 radical (unpaired) electrons. The van der Waals surface area contributed by atoms with Crippen molar-refractivity contribution in [2.45, 2.75) is 13.2 Å². The normalized spacial score (nSPS) is 10.6. The molecule has 0 aliphatic rings. The Morgan fingerprint density at radius 1 is 0.771 bits per heavy atom. The first-order chi connectivity index (χ1) is 17.3. The zero-order valence-electron chi connectivity index (χ0n) is 19.1. The summed E-state index contributed by atoms with van der Waals surface area (Å²) in [6.07, 6.45) is 4.37. The largest absolute Gasteiger partial charge is 0.488 e. The minimum atomic E-state index is 0.479. The highest BCUT2D eigenvalue weighted by Crippen LogP contribution is 2.40. The Bertz CT molecular complexity index is 1380. The van der Waals surface area contributed by atoms with Crippen LogP contribution in [0.15, 0.2) is 114 Å². The van der Waals surface area contributed by atoms with Gasteiger partial charge in [-0.05, 0) is 51.7 Å². The molecule has 0 unspecified atom stereocenters. The molecular formula is C30H24N2O2S. The third-order valence-corrected chi connectivity index (χ3v) is 6.53. The number of carbonyl (C=O) groups is 1. The lowest BCUT2D eigenvalue weighted by Crippen LogP contribution is -2.20. The topological polar surface area (TPSA) is 42.4 Å². The van der Waals surface area contributed by atoms with Crippen molar-refractivity contribution >= 4 is 23.4 Å². The highest BCUT2D eigenvalue weighted by molar-refractivity contribution is 7.08. The number of thiophene rings is 1. The van der Waals surface area contributed by atoms with Gasteiger partial charge in [0.1, 0.15) is 12.4 Å². The van der Waals surface area contributed by atoms with Gasteiger partial charge >= 0.3 is 0 Å². The summed E-state index contributed by atoms with van der Waals surface area (Å²) in [6, 6.07) is 30.3. The standard InChI is InChI=1S/C30H24N2O2S/c33-22-32(18-24-9-6-16-31-17-24)26-14-12-25(13-15-26)28-20-35-21-29(28)27-10-4-5-11-30(27)34-19-23-7-2-1-3-8-23/h1-17,20-22H,18-19H2. The Morgan fingerprint density at radius 2 is 1.51 bits per heavy atom. The summed E-state index contributed by atoms with van der Waals surface area (Å²) in [5.74, 6) is 0.858. The fraction of sp³-hybridized carbons (Fsp3) is 0.0667. The van der Waals surface area contributed by atoms with Crippen LogP contribution in [0.5, 0.6) is 5.75 Å². The molecular weight excluding hydrogens is 452 g/mol. The minimum Gasteiger partial charge on any atom is -0.488 e. The predicted molar refractivity (Wildman–Crippen MR) is 142 cm³/mol. The molecule has 1 amide bonds. The fourth-order valence-electron chi connectivity index (χ4n) is 3.99. The summed E-state index contributed by atoms with van der Waals surface area (Å²) in [5, 5.41) is 4.32. The van der Waals surface area contributed by atoms with Crippen LogP contribution in [0, 0.1) is 0 Å². The van der Waals surface area contributed by atoms with Gasteiger partial charge in [-0.3, -0.25) is 9.78 Å². The van der Waals surface area contributed by atoms with Gasteiger partial charge in [0.05, 0.1) is 6.54 Å². The molecule has 0 bridgehead atoms. The van der Waals surface area contributed by atoms with E-state index in [0.717, 1.165) is 51.2 Å². The van der Waals surface area contributed by atoms with E-state index in [9.17, 15) is 4.79 Å². The predicted octanol–water partition coefficient (Wildman–Crippen LogP) is 7.22.